The molecule has 1 atom stereocenters. The summed E-state index contributed by atoms with van der Waals surface area (Å²) in [4.78, 5) is 10.8. The molecule has 0 spiro atoms. The van der Waals surface area contributed by atoms with Gasteiger partial charge in [-0.15, -0.1) is 0 Å². The van der Waals surface area contributed by atoms with Crippen LogP contribution in [0.1, 0.15) is 29.5 Å². The Labute approximate surface area is 122 Å². The molecule has 20 heavy (non-hydrogen) atoms. The number of carboxylic acids is 1. The molecule has 7 nitrogen and oxygen atoms in total. The van der Waals surface area contributed by atoms with Crippen molar-refractivity contribution in [2.45, 2.75) is 31.2 Å². The van der Waals surface area contributed by atoms with Crippen LogP contribution >= 0.6 is 11.8 Å². The molecule has 0 bridgehead atoms. The second-order valence-corrected chi connectivity index (χ2v) is 7.22. The number of sulfonamides is 1. The molecule has 0 saturated heterocycles. The third-order valence-corrected chi connectivity index (χ3v) is 5.87. The minimum absolute atomic E-state index is 0.189. The first-order chi connectivity index (χ1) is 9.27. The summed E-state index contributed by atoms with van der Waals surface area (Å²) < 4.78 is 26.4. The summed E-state index contributed by atoms with van der Waals surface area (Å²) in [5.74, 6) is -0.717. The van der Waals surface area contributed by atoms with Gasteiger partial charge < -0.3 is 5.11 Å². The summed E-state index contributed by atoms with van der Waals surface area (Å²) in [5, 5.41) is 15.0. The van der Waals surface area contributed by atoms with Gasteiger partial charge >= 0.3 is 5.97 Å². The average Bonchev–Trinajstić information content (AvgIpc) is 2.77. The Kier molecular flexibility index (Phi) is 5.60. The highest BCUT2D eigenvalue weighted by Gasteiger charge is 2.34. The van der Waals surface area contributed by atoms with E-state index in [1.165, 1.54) is 18.3 Å². The Morgan fingerprint density at radius 3 is 2.60 bits per heavy atom. The van der Waals surface area contributed by atoms with Gasteiger partial charge in [-0.1, -0.05) is 6.92 Å². The molecule has 1 aromatic rings. The molecule has 0 fully saturated rings. The lowest BCUT2D eigenvalue weighted by atomic mass is 10.3. The van der Waals surface area contributed by atoms with Crippen molar-refractivity contribution in [3.8, 4) is 0 Å². The molecular formula is C11H19N3O4S2. The number of aromatic carboxylic acids is 1. The second-order valence-electron chi connectivity index (χ2n) is 4.37. The molecule has 2 N–H and O–H groups in total. The fourth-order valence-electron chi connectivity index (χ4n) is 1.89. The minimum Gasteiger partial charge on any atom is -0.476 e. The second kappa shape index (κ2) is 6.59. The topological polar surface area (TPSA) is 103 Å². The molecule has 0 amide bonds. The fourth-order valence-corrected chi connectivity index (χ4v) is 4.54. The Morgan fingerprint density at radius 2 is 2.15 bits per heavy atom. The number of carboxylic acid groups (broad SMARTS) is 1. The Balaban J connectivity index is 3.29. The largest absolute Gasteiger partial charge is 0.476 e. The lowest BCUT2D eigenvalue weighted by Gasteiger charge is -2.25. The van der Waals surface area contributed by atoms with Crippen LogP contribution in [0.2, 0.25) is 0 Å². The standard InChI is InChI=1S/C11H19N3O4S2/c1-5-8(6-19-4)14(3)20(17,18)10-7(2)12-13-9(10)11(15)16/h8H,5-6H2,1-4H3,(H,12,13)(H,15,16). The number of aromatic amines is 1. The van der Waals surface area contributed by atoms with Gasteiger partial charge in [-0.25, -0.2) is 13.2 Å². The summed E-state index contributed by atoms with van der Waals surface area (Å²) in [5.41, 5.74) is -0.235. The molecule has 1 rings (SSSR count). The zero-order valence-electron chi connectivity index (χ0n) is 11.9. The van der Waals surface area contributed by atoms with E-state index in [9.17, 15) is 13.2 Å². The van der Waals surface area contributed by atoms with E-state index in [2.05, 4.69) is 10.2 Å². The Hall–Kier alpha value is -1.06. The highest BCUT2D eigenvalue weighted by molar-refractivity contribution is 7.98. The Bertz CT molecular complexity index is 582. The van der Waals surface area contributed by atoms with E-state index >= 15 is 0 Å². The number of rotatable bonds is 7. The SMILES string of the molecule is CCC(CSC)N(C)S(=O)(=O)c1c(C(=O)O)n[nH]c1C. The minimum atomic E-state index is -3.89. The Morgan fingerprint density at radius 1 is 1.55 bits per heavy atom. The van der Waals surface area contributed by atoms with Crippen LogP contribution in [0.15, 0.2) is 4.90 Å². The fraction of sp³-hybridized carbons (Fsp3) is 0.636. The van der Waals surface area contributed by atoms with Crippen LogP contribution in [-0.4, -0.2) is 59.1 Å². The van der Waals surface area contributed by atoms with Crippen LogP contribution in [0.25, 0.3) is 0 Å². The van der Waals surface area contributed by atoms with Gasteiger partial charge in [-0.05, 0) is 19.6 Å². The number of hydrogen-bond acceptors (Lipinski definition) is 5. The zero-order valence-corrected chi connectivity index (χ0v) is 13.5. The van der Waals surface area contributed by atoms with Gasteiger partial charge in [0, 0.05) is 18.8 Å². The van der Waals surface area contributed by atoms with E-state index in [4.69, 9.17) is 5.11 Å². The van der Waals surface area contributed by atoms with E-state index in [1.54, 1.807) is 11.8 Å². The smallest absolute Gasteiger partial charge is 0.357 e. The van der Waals surface area contributed by atoms with Crippen molar-refractivity contribution >= 4 is 27.8 Å². The number of nitrogens with zero attached hydrogens (tertiary/aromatic N) is 2. The molecular weight excluding hydrogens is 302 g/mol. The van der Waals surface area contributed by atoms with Gasteiger partial charge in [0.15, 0.2) is 5.69 Å². The highest BCUT2D eigenvalue weighted by atomic mass is 32.2. The number of aromatic nitrogens is 2. The summed E-state index contributed by atoms with van der Waals surface area (Å²) >= 11 is 1.54. The third kappa shape index (κ3) is 3.15. The number of hydrogen-bond donors (Lipinski definition) is 2. The predicted molar refractivity (Wildman–Crippen MR) is 77.7 cm³/mol. The molecule has 9 heteroatoms. The summed E-state index contributed by atoms with van der Waals surface area (Å²) in [6.07, 6.45) is 2.55. The van der Waals surface area contributed by atoms with Crippen molar-refractivity contribution in [2.24, 2.45) is 0 Å². The first-order valence-electron chi connectivity index (χ1n) is 6.02. The molecule has 0 aromatic carbocycles. The lowest BCUT2D eigenvalue weighted by molar-refractivity contribution is 0.0686. The summed E-state index contributed by atoms with van der Waals surface area (Å²) in [6.45, 7) is 3.39. The van der Waals surface area contributed by atoms with E-state index in [1.807, 2.05) is 13.2 Å². The van der Waals surface area contributed by atoms with E-state index in [0.29, 0.717) is 12.2 Å². The molecule has 0 aliphatic rings. The molecule has 0 aliphatic carbocycles. The highest BCUT2D eigenvalue weighted by Crippen LogP contribution is 2.24. The first kappa shape index (κ1) is 17.0. The van der Waals surface area contributed by atoms with Crippen molar-refractivity contribution in [3.05, 3.63) is 11.4 Å². The molecule has 1 heterocycles. The van der Waals surface area contributed by atoms with Crippen LogP contribution in [-0.2, 0) is 10.0 Å². The maximum Gasteiger partial charge on any atom is 0.357 e. The number of aryl methyl sites for hydroxylation is 1. The van der Waals surface area contributed by atoms with E-state index in [0.717, 1.165) is 0 Å². The molecule has 0 radical (unpaired) electrons. The molecule has 114 valence electrons. The van der Waals surface area contributed by atoms with Crippen molar-refractivity contribution < 1.29 is 18.3 Å². The van der Waals surface area contributed by atoms with Gasteiger partial charge in [0.2, 0.25) is 10.0 Å². The van der Waals surface area contributed by atoms with Gasteiger partial charge in [0.25, 0.3) is 0 Å². The zero-order chi connectivity index (χ0) is 15.5. The third-order valence-electron chi connectivity index (χ3n) is 3.08. The number of thioether (sulfide) groups is 1. The lowest BCUT2D eigenvalue weighted by Crippen LogP contribution is -2.39. The normalized spacial score (nSPS) is 13.7. The summed E-state index contributed by atoms with van der Waals surface area (Å²) in [6, 6.07) is -0.189. The van der Waals surface area contributed by atoms with Crippen LogP contribution in [0.4, 0.5) is 0 Å². The van der Waals surface area contributed by atoms with Crippen molar-refractivity contribution in [3.63, 3.8) is 0 Å². The van der Waals surface area contributed by atoms with Gasteiger partial charge in [-0.3, -0.25) is 5.10 Å². The molecule has 1 unspecified atom stereocenters. The monoisotopic (exact) mass is 321 g/mol. The predicted octanol–water partition coefficient (Wildman–Crippen LogP) is 1.18. The van der Waals surface area contributed by atoms with Gasteiger partial charge in [0.1, 0.15) is 4.90 Å². The van der Waals surface area contributed by atoms with Crippen LogP contribution in [0.5, 0.6) is 0 Å². The quantitative estimate of drug-likeness (QED) is 0.781. The van der Waals surface area contributed by atoms with Gasteiger partial charge in [0.05, 0.1) is 5.69 Å². The van der Waals surface area contributed by atoms with Crippen LogP contribution in [0.3, 0.4) is 0 Å². The summed E-state index contributed by atoms with van der Waals surface area (Å²) in [7, 11) is -2.42. The average molecular weight is 321 g/mol. The van der Waals surface area contributed by atoms with Crippen molar-refractivity contribution in [2.75, 3.05) is 19.1 Å². The van der Waals surface area contributed by atoms with Gasteiger partial charge in [-0.2, -0.15) is 21.2 Å². The number of H-pyrrole nitrogens is 1. The molecule has 1 aromatic heterocycles. The molecule has 0 saturated carbocycles. The van der Waals surface area contributed by atoms with Crippen molar-refractivity contribution in [1.82, 2.24) is 14.5 Å². The van der Waals surface area contributed by atoms with Crippen molar-refractivity contribution in [1.29, 1.82) is 0 Å². The maximum absolute atomic E-state index is 12.6. The van der Waals surface area contributed by atoms with Crippen LogP contribution in [0, 0.1) is 6.92 Å². The van der Waals surface area contributed by atoms with E-state index < -0.39 is 21.7 Å². The number of carbonyl (C=O) groups is 1. The first-order valence-corrected chi connectivity index (χ1v) is 8.85. The maximum atomic E-state index is 12.6. The van der Waals surface area contributed by atoms with E-state index in [-0.39, 0.29) is 16.6 Å². The molecule has 0 aliphatic heterocycles. The van der Waals surface area contributed by atoms with Crippen LogP contribution < -0.4 is 0 Å². The number of nitrogens with one attached hydrogen (secondary N) is 1.